The summed E-state index contributed by atoms with van der Waals surface area (Å²) in [4.78, 5) is 14.1. The molecule has 4 nitrogen and oxygen atoms in total. The molecule has 0 aliphatic carbocycles. The maximum atomic E-state index is 11.8. The molecule has 0 fully saturated rings. The number of unbranched alkanes of at least 4 members (excludes halogenated alkanes) is 1. The number of fused-ring (bicyclic) bond motifs is 1. The van der Waals surface area contributed by atoms with E-state index in [1.807, 2.05) is 12.1 Å². The van der Waals surface area contributed by atoms with Crippen LogP contribution in [-0.4, -0.2) is 49.5 Å². The number of rotatable bonds is 9. The number of halogens is 1. The third-order valence-corrected chi connectivity index (χ3v) is 5.44. The van der Waals surface area contributed by atoms with Gasteiger partial charge < -0.3 is 10.4 Å². The topological polar surface area (TPSA) is 52.6 Å². The van der Waals surface area contributed by atoms with Gasteiger partial charge in [0, 0.05) is 24.7 Å². The van der Waals surface area contributed by atoms with Gasteiger partial charge in [0.15, 0.2) is 0 Å². The molecular weight excluding hydrogens is 322 g/mol. The highest BCUT2D eigenvalue weighted by molar-refractivity contribution is 6.31. The second-order valence-corrected chi connectivity index (χ2v) is 6.94. The van der Waals surface area contributed by atoms with Crippen LogP contribution < -0.4 is 5.32 Å². The molecule has 0 bridgehead atoms. The van der Waals surface area contributed by atoms with Gasteiger partial charge in [-0.3, -0.25) is 9.69 Å². The fourth-order valence-corrected chi connectivity index (χ4v) is 3.72. The Bertz CT molecular complexity index is 570. The molecular formula is C18H26BClN2O2. The molecule has 1 aliphatic rings. The van der Waals surface area contributed by atoms with Crippen molar-refractivity contribution in [1.29, 1.82) is 0 Å². The van der Waals surface area contributed by atoms with Crippen molar-refractivity contribution in [3.8, 4) is 0 Å². The van der Waals surface area contributed by atoms with Crippen LogP contribution in [0.4, 0.5) is 0 Å². The molecule has 1 unspecified atom stereocenters. The van der Waals surface area contributed by atoms with Crippen molar-refractivity contribution in [2.24, 2.45) is 0 Å². The van der Waals surface area contributed by atoms with Gasteiger partial charge in [0.1, 0.15) is 5.54 Å². The maximum absolute atomic E-state index is 11.8. The Kier molecular flexibility index (Phi) is 7.14. The summed E-state index contributed by atoms with van der Waals surface area (Å²) < 4.78 is 0. The van der Waals surface area contributed by atoms with Gasteiger partial charge in [-0.25, -0.2) is 0 Å². The van der Waals surface area contributed by atoms with Crippen molar-refractivity contribution in [2.45, 2.75) is 50.5 Å². The molecule has 2 N–H and O–H groups in total. The van der Waals surface area contributed by atoms with Crippen LogP contribution in [0.5, 0.6) is 0 Å². The second kappa shape index (κ2) is 8.88. The van der Waals surface area contributed by atoms with Gasteiger partial charge in [-0.15, -0.1) is 0 Å². The lowest BCUT2D eigenvalue weighted by Gasteiger charge is -2.34. The van der Waals surface area contributed by atoms with Crippen molar-refractivity contribution in [3.05, 3.63) is 34.3 Å². The van der Waals surface area contributed by atoms with Gasteiger partial charge in [-0.1, -0.05) is 42.9 Å². The molecule has 1 atom stereocenters. The highest BCUT2D eigenvalue weighted by Gasteiger charge is 2.36. The van der Waals surface area contributed by atoms with E-state index in [9.17, 15) is 9.90 Å². The summed E-state index contributed by atoms with van der Waals surface area (Å²) in [6.45, 7) is 2.50. The fourth-order valence-electron chi connectivity index (χ4n) is 3.43. The van der Waals surface area contributed by atoms with E-state index in [1.165, 1.54) is 11.1 Å². The maximum Gasteiger partial charge on any atom is 0.323 e. The largest absolute Gasteiger partial charge is 0.480 e. The van der Waals surface area contributed by atoms with Crippen LogP contribution in [0.3, 0.4) is 0 Å². The van der Waals surface area contributed by atoms with Crippen LogP contribution in [0.2, 0.25) is 11.3 Å². The highest BCUT2D eigenvalue weighted by atomic mass is 35.5. The summed E-state index contributed by atoms with van der Waals surface area (Å²) in [7, 11) is 7.27. The van der Waals surface area contributed by atoms with Crippen molar-refractivity contribution >= 4 is 25.4 Å². The number of nitrogens with zero attached hydrogens (tertiary/aromatic N) is 1. The number of likely N-dealkylation sites (N-methyl/N-ethyl adjacent to an activating group) is 1. The molecule has 0 aromatic heterocycles. The van der Waals surface area contributed by atoms with Crippen molar-refractivity contribution in [3.63, 3.8) is 0 Å². The number of hydrogen-bond acceptors (Lipinski definition) is 3. The molecule has 6 heteroatoms. The third kappa shape index (κ3) is 4.53. The fraction of sp³-hybridized carbons (Fsp3) is 0.611. The number of aliphatic carboxylic acids is 1. The van der Waals surface area contributed by atoms with Crippen LogP contribution in [0.25, 0.3) is 0 Å². The van der Waals surface area contributed by atoms with Gasteiger partial charge in [-0.2, -0.15) is 0 Å². The minimum Gasteiger partial charge on any atom is -0.480 e. The number of benzene rings is 1. The van der Waals surface area contributed by atoms with E-state index in [0.717, 1.165) is 43.9 Å². The average molecular weight is 349 g/mol. The number of carboxylic acids is 1. The molecule has 24 heavy (non-hydrogen) atoms. The molecule has 1 heterocycles. The lowest BCUT2D eigenvalue weighted by Crippen LogP contribution is -2.52. The first kappa shape index (κ1) is 19.3. The van der Waals surface area contributed by atoms with Crippen molar-refractivity contribution in [1.82, 2.24) is 10.2 Å². The van der Waals surface area contributed by atoms with Crippen LogP contribution >= 0.6 is 11.6 Å². The Morgan fingerprint density at radius 2 is 2.21 bits per heavy atom. The number of carboxylic acid groups (broad SMARTS) is 1. The molecule has 130 valence electrons. The van der Waals surface area contributed by atoms with Gasteiger partial charge in [-0.05, 0) is 43.5 Å². The molecule has 0 amide bonds. The SMILES string of the molecule is [B]CCCCC(CCN1CCc2c(Cl)cccc2C1)(NC)C(=O)O. The van der Waals surface area contributed by atoms with E-state index in [4.69, 9.17) is 19.4 Å². The molecule has 0 saturated carbocycles. The molecule has 0 saturated heterocycles. The number of hydrogen-bond donors (Lipinski definition) is 2. The number of carbonyl (C=O) groups is 1. The summed E-state index contributed by atoms with van der Waals surface area (Å²) in [6.07, 6.45) is 4.38. The third-order valence-electron chi connectivity index (χ3n) is 5.09. The zero-order valence-electron chi connectivity index (χ0n) is 14.4. The van der Waals surface area contributed by atoms with E-state index in [1.54, 1.807) is 7.05 Å². The van der Waals surface area contributed by atoms with Crippen molar-refractivity contribution in [2.75, 3.05) is 20.1 Å². The Labute approximate surface area is 151 Å². The standard InChI is InChI=1S/C18H26BClN2O2/c1-21-18(17(23)24,8-2-3-10-19)9-12-22-11-7-15-14(13-22)5-4-6-16(15)20/h4-6,21H,2-3,7-13H2,1H3,(H,23,24). The normalized spacial score (nSPS) is 17.2. The Morgan fingerprint density at radius 1 is 1.42 bits per heavy atom. The molecule has 2 radical (unpaired) electrons. The van der Waals surface area contributed by atoms with Crippen LogP contribution in [-0.2, 0) is 17.8 Å². The Morgan fingerprint density at radius 3 is 2.88 bits per heavy atom. The Balaban J connectivity index is 1.98. The van der Waals surface area contributed by atoms with Gasteiger partial charge >= 0.3 is 5.97 Å². The van der Waals surface area contributed by atoms with Crippen LogP contribution in [0.1, 0.15) is 36.8 Å². The first-order valence-corrected chi connectivity index (χ1v) is 9.01. The first-order chi connectivity index (χ1) is 11.5. The minimum atomic E-state index is -0.871. The van der Waals surface area contributed by atoms with Crippen LogP contribution in [0.15, 0.2) is 18.2 Å². The predicted molar refractivity (Wildman–Crippen MR) is 98.9 cm³/mol. The number of nitrogens with one attached hydrogen (secondary N) is 1. The smallest absolute Gasteiger partial charge is 0.323 e. The van der Waals surface area contributed by atoms with Crippen molar-refractivity contribution < 1.29 is 9.90 Å². The van der Waals surface area contributed by atoms with Gasteiger partial charge in [0.25, 0.3) is 0 Å². The summed E-state index contributed by atoms with van der Waals surface area (Å²) in [5.41, 5.74) is 1.61. The van der Waals surface area contributed by atoms with E-state index >= 15 is 0 Å². The quantitative estimate of drug-likeness (QED) is 0.532. The zero-order chi connectivity index (χ0) is 17.6. The monoisotopic (exact) mass is 348 g/mol. The summed E-state index contributed by atoms with van der Waals surface area (Å²) in [5, 5.41) is 13.6. The lowest BCUT2D eigenvalue weighted by molar-refractivity contribution is -0.145. The zero-order valence-corrected chi connectivity index (χ0v) is 15.1. The molecule has 0 spiro atoms. The van der Waals surface area contributed by atoms with Gasteiger partial charge in [0.2, 0.25) is 0 Å². The first-order valence-electron chi connectivity index (χ1n) is 8.63. The molecule has 1 aromatic rings. The van der Waals surface area contributed by atoms with E-state index in [2.05, 4.69) is 16.3 Å². The summed E-state index contributed by atoms with van der Waals surface area (Å²) in [6, 6.07) is 6.02. The molecule has 2 rings (SSSR count). The Hall–Kier alpha value is -1.04. The van der Waals surface area contributed by atoms with E-state index in [0.29, 0.717) is 19.2 Å². The lowest BCUT2D eigenvalue weighted by atomic mass is 9.86. The summed E-state index contributed by atoms with van der Waals surface area (Å²) in [5.74, 6) is -0.775. The average Bonchev–Trinajstić information content (AvgIpc) is 2.58. The highest BCUT2D eigenvalue weighted by Crippen LogP contribution is 2.27. The molecule has 1 aromatic carbocycles. The van der Waals surface area contributed by atoms with E-state index in [-0.39, 0.29) is 0 Å². The summed E-state index contributed by atoms with van der Waals surface area (Å²) >= 11 is 6.26. The van der Waals surface area contributed by atoms with E-state index < -0.39 is 11.5 Å². The predicted octanol–water partition coefficient (Wildman–Crippen LogP) is 2.89. The minimum absolute atomic E-state index is 0.583. The molecule has 1 aliphatic heterocycles. The van der Waals surface area contributed by atoms with Gasteiger partial charge in [0.05, 0.1) is 7.85 Å². The second-order valence-electron chi connectivity index (χ2n) is 6.54. The van der Waals surface area contributed by atoms with Crippen LogP contribution in [0, 0.1) is 0 Å².